The lowest BCUT2D eigenvalue weighted by atomic mass is 9.95. The van der Waals surface area contributed by atoms with Crippen molar-refractivity contribution in [2.24, 2.45) is 11.7 Å². The molecule has 2 aromatic rings. The minimum atomic E-state index is -0.616. The summed E-state index contributed by atoms with van der Waals surface area (Å²) in [4.78, 5) is 37.8. The molecule has 1 unspecified atom stereocenters. The largest absolute Gasteiger partial charge is 0.351 e. The number of piperidine rings is 1. The van der Waals surface area contributed by atoms with Crippen molar-refractivity contribution in [2.75, 3.05) is 18.4 Å². The molecule has 0 aliphatic carbocycles. The first-order valence-corrected chi connectivity index (χ1v) is 10.4. The van der Waals surface area contributed by atoms with Gasteiger partial charge >= 0.3 is 6.03 Å². The third-order valence-corrected chi connectivity index (χ3v) is 5.43. The zero-order valence-corrected chi connectivity index (χ0v) is 17.6. The summed E-state index contributed by atoms with van der Waals surface area (Å²) in [7, 11) is 0. The molecule has 0 bridgehead atoms. The van der Waals surface area contributed by atoms with Crippen LogP contribution in [0.25, 0.3) is 6.08 Å². The minimum Gasteiger partial charge on any atom is -0.351 e. The van der Waals surface area contributed by atoms with E-state index in [2.05, 4.69) is 10.6 Å². The van der Waals surface area contributed by atoms with Gasteiger partial charge in [-0.2, -0.15) is 0 Å². The first kappa shape index (κ1) is 22.1. The predicted octanol–water partition coefficient (Wildman–Crippen LogP) is 3.31. The maximum atomic E-state index is 12.7. The van der Waals surface area contributed by atoms with Gasteiger partial charge in [0.2, 0.25) is 11.8 Å². The topological polar surface area (TPSA) is 105 Å². The van der Waals surface area contributed by atoms with E-state index in [0.29, 0.717) is 31.6 Å². The second-order valence-electron chi connectivity index (χ2n) is 7.69. The van der Waals surface area contributed by atoms with Crippen molar-refractivity contribution < 1.29 is 14.4 Å². The summed E-state index contributed by atoms with van der Waals surface area (Å²) in [6.07, 6.45) is 4.69. The molecule has 31 heavy (non-hydrogen) atoms. The van der Waals surface area contributed by atoms with Gasteiger partial charge in [-0.05, 0) is 49.1 Å². The highest BCUT2D eigenvalue weighted by Crippen LogP contribution is 2.21. The Bertz CT molecular complexity index is 933. The van der Waals surface area contributed by atoms with Crippen LogP contribution in [0.4, 0.5) is 10.5 Å². The van der Waals surface area contributed by atoms with Crippen LogP contribution in [0.3, 0.4) is 0 Å². The number of nitrogens with one attached hydrogen (secondary N) is 2. The zero-order chi connectivity index (χ0) is 22.2. The summed E-state index contributed by atoms with van der Waals surface area (Å²) in [6, 6.07) is 16.1. The van der Waals surface area contributed by atoms with E-state index in [1.807, 2.05) is 55.5 Å². The quantitative estimate of drug-likeness (QED) is 0.625. The molecule has 1 heterocycles. The predicted molar refractivity (Wildman–Crippen MR) is 121 cm³/mol. The van der Waals surface area contributed by atoms with Gasteiger partial charge in [0.25, 0.3) is 0 Å². The van der Waals surface area contributed by atoms with Gasteiger partial charge in [0, 0.05) is 30.8 Å². The van der Waals surface area contributed by atoms with Gasteiger partial charge in [-0.15, -0.1) is 0 Å². The number of carbonyl (C=O) groups is 3. The maximum Gasteiger partial charge on any atom is 0.316 e. The number of hydrogen-bond acceptors (Lipinski definition) is 3. The summed E-state index contributed by atoms with van der Waals surface area (Å²) in [5.74, 6) is -0.139. The van der Waals surface area contributed by atoms with Crippen molar-refractivity contribution in [1.29, 1.82) is 0 Å². The number of benzene rings is 2. The highest BCUT2D eigenvalue weighted by atomic mass is 16.2. The molecule has 7 nitrogen and oxygen atoms in total. The highest BCUT2D eigenvalue weighted by Gasteiger charge is 2.27. The fourth-order valence-corrected chi connectivity index (χ4v) is 3.61. The summed E-state index contributed by atoms with van der Waals surface area (Å²) in [6.45, 7) is 3.05. The standard InChI is InChI=1S/C24H28N4O3/c1-17(19-8-10-21(11-9-19)27-24(25)31)26-23(30)20-13-15-28(16-14-20)22(29)12-7-18-5-3-2-4-6-18/h2-12,17,20H,13-16H2,1H3,(H,26,30)(H3,25,27,31)/b12-7+. The summed E-state index contributed by atoms with van der Waals surface area (Å²) >= 11 is 0. The number of nitrogens with two attached hydrogens (primary N) is 1. The Morgan fingerprint density at radius 3 is 2.29 bits per heavy atom. The molecule has 7 heteroatoms. The molecule has 1 atom stereocenters. The number of nitrogens with zero attached hydrogens (tertiary/aromatic N) is 1. The van der Waals surface area contributed by atoms with E-state index in [1.165, 1.54) is 0 Å². The van der Waals surface area contributed by atoms with E-state index < -0.39 is 6.03 Å². The molecule has 3 rings (SSSR count). The smallest absolute Gasteiger partial charge is 0.316 e. The van der Waals surface area contributed by atoms with E-state index >= 15 is 0 Å². The average molecular weight is 421 g/mol. The van der Waals surface area contributed by atoms with Gasteiger partial charge in [-0.25, -0.2) is 4.79 Å². The van der Waals surface area contributed by atoms with Crippen LogP contribution in [-0.2, 0) is 9.59 Å². The molecule has 4 amide bonds. The molecule has 1 saturated heterocycles. The van der Waals surface area contributed by atoms with Crippen molar-refractivity contribution in [3.05, 3.63) is 71.8 Å². The number of carbonyl (C=O) groups excluding carboxylic acids is 3. The second kappa shape index (κ2) is 10.4. The Hall–Kier alpha value is -3.61. The van der Waals surface area contributed by atoms with Gasteiger partial charge in [0.1, 0.15) is 0 Å². The Labute approximate surface area is 182 Å². The molecule has 0 aromatic heterocycles. The van der Waals surface area contributed by atoms with Crippen molar-refractivity contribution in [3.63, 3.8) is 0 Å². The van der Waals surface area contributed by atoms with E-state index in [-0.39, 0.29) is 23.8 Å². The number of hydrogen-bond donors (Lipinski definition) is 3. The van der Waals surface area contributed by atoms with Crippen LogP contribution in [0.2, 0.25) is 0 Å². The van der Waals surface area contributed by atoms with Crippen LogP contribution in [0.15, 0.2) is 60.7 Å². The highest BCUT2D eigenvalue weighted by molar-refractivity contribution is 5.92. The minimum absolute atomic E-state index is 0.00114. The number of amides is 4. The average Bonchev–Trinajstić information content (AvgIpc) is 2.78. The summed E-state index contributed by atoms with van der Waals surface area (Å²) in [5.41, 5.74) is 7.63. The fraction of sp³-hybridized carbons (Fsp3) is 0.292. The first-order valence-electron chi connectivity index (χ1n) is 10.4. The van der Waals surface area contributed by atoms with Crippen LogP contribution in [0.1, 0.15) is 36.9 Å². The van der Waals surface area contributed by atoms with Crippen molar-refractivity contribution in [3.8, 4) is 0 Å². The van der Waals surface area contributed by atoms with Gasteiger partial charge in [0.15, 0.2) is 0 Å². The van der Waals surface area contributed by atoms with Gasteiger partial charge < -0.3 is 21.3 Å². The first-order chi connectivity index (χ1) is 14.9. The summed E-state index contributed by atoms with van der Waals surface area (Å²) < 4.78 is 0. The Balaban J connectivity index is 1.46. The van der Waals surface area contributed by atoms with Crippen LogP contribution in [0.5, 0.6) is 0 Å². The Morgan fingerprint density at radius 1 is 1.03 bits per heavy atom. The van der Waals surface area contributed by atoms with Gasteiger partial charge in [-0.3, -0.25) is 9.59 Å². The molecule has 2 aromatic carbocycles. The molecule has 1 aliphatic heterocycles. The third-order valence-electron chi connectivity index (χ3n) is 5.43. The van der Waals surface area contributed by atoms with Gasteiger partial charge in [0.05, 0.1) is 6.04 Å². The Kier molecular flexibility index (Phi) is 7.43. The molecule has 1 aliphatic rings. The van der Waals surface area contributed by atoms with E-state index in [9.17, 15) is 14.4 Å². The normalized spacial score (nSPS) is 15.5. The number of likely N-dealkylation sites (tertiary alicyclic amines) is 1. The lowest BCUT2D eigenvalue weighted by Gasteiger charge is -2.31. The van der Waals surface area contributed by atoms with Crippen LogP contribution < -0.4 is 16.4 Å². The van der Waals surface area contributed by atoms with Crippen molar-refractivity contribution in [2.45, 2.75) is 25.8 Å². The number of rotatable bonds is 6. The third kappa shape index (κ3) is 6.44. The fourth-order valence-electron chi connectivity index (χ4n) is 3.61. The molecule has 4 N–H and O–H groups in total. The van der Waals surface area contributed by atoms with E-state index in [4.69, 9.17) is 5.73 Å². The number of urea groups is 1. The SMILES string of the molecule is CC(NC(=O)C1CCN(C(=O)/C=C/c2ccccc2)CC1)c1ccc(NC(N)=O)cc1. The number of primary amides is 1. The number of anilines is 1. The van der Waals surface area contributed by atoms with Crippen LogP contribution in [-0.4, -0.2) is 35.8 Å². The maximum absolute atomic E-state index is 12.7. The molecule has 1 fully saturated rings. The lowest BCUT2D eigenvalue weighted by Crippen LogP contribution is -2.43. The van der Waals surface area contributed by atoms with E-state index in [1.54, 1.807) is 23.1 Å². The second-order valence-corrected chi connectivity index (χ2v) is 7.69. The Morgan fingerprint density at radius 2 is 1.68 bits per heavy atom. The lowest BCUT2D eigenvalue weighted by molar-refractivity contribution is -0.132. The molecule has 162 valence electrons. The van der Waals surface area contributed by atoms with Gasteiger partial charge in [-0.1, -0.05) is 42.5 Å². The van der Waals surface area contributed by atoms with Crippen LogP contribution >= 0.6 is 0 Å². The van der Waals surface area contributed by atoms with Crippen LogP contribution in [0, 0.1) is 5.92 Å². The monoisotopic (exact) mass is 420 g/mol. The molecule has 0 saturated carbocycles. The molecule has 0 spiro atoms. The van der Waals surface area contributed by atoms with Crippen molar-refractivity contribution >= 4 is 29.6 Å². The van der Waals surface area contributed by atoms with Crippen molar-refractivity contribution in [1.82, 2.24) is 10.2 Å². The molecular weight excluding hydrogens is 392 g/mol. The summed E-state index contributed by atoms with van der Waals surface area (Å²) in [5, 5.41) is 5.56. The zero-order valence-electron chi connectivity index (χ0n) is 17.6. The van der Waals surface area contributed by atoms with E-state index in [0.717, 1.165) is 11.1 Å². The molecular formula is C24H28N4O3. The molecule has 0 radical (unpaired) electrons.